The van der Waals surface area contributed by atoms with E-state index in [9.17, 15) is 0 Å². The van der Waals surface area contributed by atoms with Gasteiger partial charge in [-0.3, -0.25) is 0 Å². The van der Waals surface area contributed by atoms with Gasteiger partial charge in [-0.15, -0.1) is 0 Å². The van der Waals surface area contributed by atoms with E-state index >= 15 is 0 Å². The van der Waals surface area contributed by atoms with Crippen LogP contribution < -0.4 is 4.90 Å². The zero-order chi connectivity index (χ0) is 44.6. The molecule has 2 aliphatic carbocycles. The van der Waals surface area contributed by atoms with Crippen LogP contribution in [-0.4, -0.2) is 0 Å². The highest BCUT2D eigenvalue weighted by molar-refractivity contribution is 5.89. The standard InChI is InChI=1S/C65H51N/c1-63(2)60-26-16-14-24-56(60)58-42-51(33-40-61(58)63)65(48-19-7-5-8-20-48,49-21-9-6-10-22-49)50-31-36-53(37-32-50)66(54-38-39-57-55-23-13-15-25-59(55)64(3,4)62(57)43-54)52-34-29-45(30-35-52)47-28-27-44-17-11-12-18-46(44)41-47/h5-43H,1-4H3. The summed E-state index contributed by atoms with van der Waals surface area (Å²) in [5, 5.41) is 2.50. The van der Waals surface area contributed by atoms with Crippen molar-refractivity contribution in [3.63, 3.8) is 0 Å². The minimum Gasteiger partial charge on any atom is -0.310 e. The molecule has 0 saturated heterocycles. The quantitative estimate of drug-likeness (QED) is 0.138. The molecule has 0 unspecified atom stereocenters. The topological polar surface area (TPSA) is 3.24 Å². The van der Waals surface area contributed by atoms with Crippen LogP contribution in [0.15, 0.2) is 237 Å². The SMILES string of the molecule is CC1(C)c2ccccc2-c2cc(C(c3ccccc3)(c3ccccc3)c3ccc(N(c4ccc(-c5ccc6ccccc6c5)cc4)c4ccc5c(c4)C(C)(C)c4ccccc4-5)cc3)ccc21. The van der Waals surface area contributed by atoms with Crippen molar-refractivity contribution in [2.24, 2.45) is 0 Å². The molecule has 66 heavy (non-hydrogen) atoms. The Labute approximate surface area is 389 Å². The number of rotatable bonds is 8. The summed E-state index contributed by atoms with van der Waals surface area (Å²) in [6.45, 7) is 9.46. The fraction of sp³-hybridized carbons (Fsp3) is 0.108. The van der Waals surface area contributed by atoms with Gasteiger partial charge >= 0.3 is 0 Å². The van der Waals surface area contributed by atoms with Gasteiger partial charge in [0, 0.05) is 27.9 Å². The van der Waals surface area contributed by atoms with E-state index in [4.69, 9.17) is 0 Å². The molecule has 0 amide bonds. The van der Waals surface area contributed by atoms with E-state index in [1.165, 1.54) is 88.7 Å². The molecule has 10 aromatic rings. The minimum atomic E-state index is -0.604. The van der Waals surface area contributed by atoms with Crippen LogP contribution in [0.3, 0.4) is 0 Å². The minimum absolute atomic E-state index is 0.0824. The summed E-state index contributed by atoms with van der Waals surface area (Å²) in [5.41, 5.74) is 20.7. The van der Waals surface area contributed by atoms with Gasteiger partial charge in [-0.05, 0) is 137 Å². The summed E-state index contributed by atoms with van der Waals surface area (Å²) >= 11 is 0. The summed E-state index contributed by atoms with van der Waals surface area (Å²) in [4.78, 5) is 2.44. The van der Waals surface area contributed by atoms with Crippen LogP contribution >= 0.6 is 0 Å². The van der Waals surface area contributed by atoms with Gasteiger partial charge in [0.1, 0.15) is 0 Å². The molecule has 0 aromatic heterocycles. The van der Waals surface area contributed by atoms with Gasteiger partial charge in [-0.2, -0.15) is 0 Å². The summed E-state index contributed by atoms with van der Waals surface area (Å²) in [6, 6.07) is 88.4. The molecule has 0 spiro atoms. The largest absolute Gasteiger partial charge is 0.310 e. The zero-order valence-electron chi connectivity index (χ0n) is 38.0. The molecule has 12 rings (SSSR count). The molecule has 0 radical (unpaired) electrons. The number of nitrogens with zero attached hydrogens (tertiary/aromatic N) is 1. The zero-order valence-corrected chi connectivity index (χ0v) is 38.0. The second-order valence-electron chi connectivity index (χ2n) is 19.3. The van der Waals surface area contributed by atoms with Crippen LogP contribution in [0, 0.1) is 0 Å². The third kappa shape index (κ3) is 6.07. The second kappa shape index (κ2) is 15.2. The van der Waals surface area contributed by atoms with Gasteiger partial charge < -0.3 is 4.90 Å². The molecule has 0 aliphatic heterocycles. The Kier molecular flexibility index (Phi) is 9.16. The lowest BCUT2D eigenvalue weighted by Crippen LogP contribution is -2.31. The van der Waals surface area contributed by atoms with Crippen LogP contribution in [0.25, 0.3) is 44.2 Å². The predicted molar refractivity (Wildman–Crippen MR) is 278 cm³/mol. The Hall–Kier alpha value is -7.74. The molecule has 1 nitrogen and oxygen atoms in total. The first-order valence-electron chi connectivity index (χ1n) is 23.3. The number of anilines is 3. The summed E-state index contributed by atoms with van der Waals surface area (Å²) in [7, 11) is 0. The second-order valence-corrected chi connectivity index (χ2v) is 19.3. The number of hydrogen-bond acceptors (Lipinski definition) is 1. The fourth-order valence-corrected chi connectivity index (χ4v) is 11.6. The van der Waals surface area contributed by atoms with Crippen molar-refractivity contribution in [3.05, 3.63) is 281 Å². The molecule has 2 aliphatic rings. The highest BCUT2D eigenvalue weighted by atomic mass is 15.1. The summed E-state index contributed by atoms with van der Waals surface area (Å²) < 4.78 is 0. The summed E-state index contributed by atoms with van der Waals surface area (Å²) in [6.07, 6.45) is 0. The number of fused-ring (bicyclic) bond motifs is 7. The number of benzene rings is 10. The van der Waals surface area contributed by atoms with Crippen molar-refractivity contribution in [1.82, 2.24) is 0 Å². The third-order valence-corrected chi connectivity index (χ3v) is 15.0. The first-order chi connectivity index (χ1) is 32.2. The van der Waals surface area contributed by atoms with Gasteiger partial charge in [0.05, 0.1) is 5.41 Å². The molecular weight excluding hydrogens is 795 g/mol. The van der Waals surface area contributed by atoms with E-state index in [0.717, 1.165) is 17.1 Å². The van der Waals surface area contributed by atoms with Crippen LogP contribution in [0.5, 0.6) is 0 Å². The van der Waals surface area contributed by atoms with Gasteiger partial charge in [0.25, 0.3) is 0 Å². The molecule has 0 atom stereocenters. The Bertz CT molecular complexity index is 3410. The Morgan fingerprint density at radius 2 is 0.742 bits per heavy atom. The van der Waals surface area contributed by atoms with Crippen LogP contribution in [-0.2, 0) is 16.2 Å². The summed E-state index contributed by atoms with van der Waals surface area (Å²) in [5.74, 6) is 0. The van der Waals surface area contributed by atoms with Gasteiger partial charge in [0.2, 0.25) is 0 Å². The molecule has 0 N–H and O–H groups in total. The maximum absolute atomic E-state index is 2.49. The van der Waals surface area contributed by atoms with E-state index in [1.54, 1.807) is 0 Å². The van der Waals surface area contributed by atoms with E-state index in [1.807, 2.05) is 0 Å². The monoisotopic (exact) mass is 845 g/mol. The van der Waals surface area contributed by atoms with Gasteiger partial charge in [-0.25, -0.2) is 0 Å². The molecule has 10 aromatic carbocycles. The number of hydrogen-bond donors (Lipinski definition) is 0. The maximum Gasteiger partial charge on any atom is 0.0701 e. The average molecular weight is 846 g/mol. The fourth-order valence-electron chi connectivity index (χ4n) is 11.6. The first kappa shape index (κ1) is 39.8. The van der Waals surface area contributed by atoms with Crippen molar-refractivity contribution in [2.45, 2.75) is 43.9 Å². The molecule has 0 saturated carbocycles. The smallest absolute Gasteiger partial charge is 0.0701 e. The van der Waals surface area contributed by atoms with E-state index in [-0.39, 0.29) is 10.8 Å². The lowest BCUT2D eigenvalue weighted by Gasteiger charge is -2.38. The highest BCUT2D eigenvalue weighted by Crippen LogP contribution is 2.54. The van der Waals surface area contributed by atoms with Crippen molar-refractivity contribution >= 4 is 27.8 Å². The lowest BCUT2D eigenvalue weighted by molar-refractivity contribution is 0.659. The van der Waals surface area contributed by atoms with E-state index in [2.05, 4.69) is 269 Å². The lowest BCUT2D eigenvalue weighted by atomic mass is 9.64. The molecule has 1 heteroatoms. The molecule has 0 bridgehead atoms. The van der Waals surface area contributed by atoms with E-state index < -0.39 is 5.41 Å². The van der Waals surface area contributed by atoms with Crippen molar-refractivity contribution < 1.29 is 0 Å². The third-order valence-electron chi connectivity index (χ3n) is 15.0. The molecule has 0 fully saturated rings. The molecule has 0 heterocycles. The van der Waals surface area contributed by atoms with Gasteiger partial charge in [0.15, 0.2) is 0 Å². The average Bonchev–Trinajstić information content (AvgIpc) is 3.74. The predicted octanol–water partition coefficient (Wildman–Crippen LogP) is 17.0. The van der Waals surface area contributed by atoms with Gasteiger partial charge in [-0.1, -0.05) is 216 Å². The normalized spacial score (nSPS) is 14.0. The maximum atomic E-state index is 2.49. The van der Waals surface area contributed by atoms with Crippen LogP contribution in [0.4, 0.5) is 17.1 Å². The first-order valence-corrected chi connectivity index (χ1v) is 23.3. The Morgan fingerprint density at radius 1 is 0.288 bits per heavy atom. The van der Waals surface area contributed by atoms with Crippen LogP contribution in [0.2, 0.25) is 0 Å². The highest BCUT2D eigenvalue weighted by Gasteiger charge is 2.42. The van der Waals surface area contributed by atoms with Crippen molar-refractivity contribution in [1.29, 1.82) is 0 Å². The van der Waals surface area contributed by atoms with Crippen molar-refractivity contribution in [2.75, 3.05) is 4.90 Å². The molecule has 316 valence electrons. The van der Waals surface area contributed by atoms with Crippen LogP contribution in [0.1, 0.15) is 72.2 Å². The molecular formula is C65H51N. The van der Waals surface area contributed by atoms with E-state index in [0.29, 0.717) is 0 Å². The Morgan fingerprint density at radius 3 is 1.39 bits per heavy atom. The Balaban J connectivity index is 1.03. The van der Waals surface area contributed by atoms with Crippen molar-refractivity contribution in [3.8, 4) is 33.4 Å².